The van der Waals surface area contributed by atoms with Crippen molar-refractivity contribution in [1.29, 1.82) is 0 Å². The summed E-state index contributed by atoms with van der Waals surface area (Å²) in [5, 5.41) is 0. The molecule has 0 aliphatic heterocycles. The molecule has 2 heteroatoms. The molecule has 0 bridgehead atoms. The summed E-state index contributed by atoms with van der Waals surface area (Å²) in [7, 11) is 4.69. The third kappa shape index (κ3) is 9.44. The number of hydrogen-bond acceptors (Lipinski definition) is 0. The van der Waals surface area contributed by atoms with Gasteiger partial charge in [0.1, 0.15) is 6.54 Å². The van der Waals surface area contributed by atoms with Gasteiger partial charge in [0.15, 0.2) is 0 Å². The first-order valence-corrected chi connectivity index (χ1v) is 7.50. The minimum Gasteiger partial charge on any atom is -1.00 e. The predicted molar refractivity (Wildman–Crippen MR) is 80.5 cm³/mol. The molecule has 0 aliphatic rings. The molecular formula is C17H30IN. The topological polar surface area (TPSA) is 0 Å². The fraction of sp³-hybridized carbons (Fsp3) is 0.647. The number of quaternary nitrogens is 1. The molecule has 1 aromatic rings. The quantitative estimate of drug-likeness (QED) is 0.350. The number of halogens is 1. The van der Waals surface area contributed by atoms with E-state index < -0.39 is 0 Å². The summed E-state index contributed by atoms with van der Waals surface area (Å²) in [6.45, 7) is 4.72. The Balaban J connectivity index is 0.00000324. The molecule has 0 saturated heterocycles. The van der Waals surface area contributed by atoms with Gasteiger partial charge in [-0.2, -0.15) is 0 Å². The number of hydrogen-bond donors (Lipinski definition) is 0. The molecular weight excluding hydrogens is 345 g/mol. The lowest BCUT2D eigenvalue weighted by molar-refractivity contribution is -0.903. The van der Waals surface area contributed by atoms with Crippen LogP contribution in [0, 0.1) is 0 Å². The Bertz CT molecular complexity index is 308. The molecule has 0 fully saturated rings. The van der Waals surface area contributed by atoms with Crippen LogP contribution in [0.25, 0.3) is 0 Å². The highest BCUT2D eigenvalue weighted by molar-refractivity contribution is 5.13. The van der Waals surface area contributed by atoms with Gasteiger partial charge >= 0.3 is 0 Å². The summed E-state index contributed by atoms with van der Waals surface area (Å²) < 4.78 is 1.11. The van der Waals surface area contributed by atoms with Crippen LogP contribution in [0.5, 0.6) is 0 Å². The molecule has 0 spiro atoms. The van der Waals surface area contributed by atoms with E-state index in [1.807, 2.05) is 0 Å². The van der Waals surface area contributed by atoms with E-state index >= 15 is 0 Å². The van der Waals surface area contributed by atoms with E-state index in [9.17, 15) is 0 Å². The fourth-order valence-electron chi connectivity index (χ4n) is 2.48. The van der Waals surface area contributed by atoms with Crippen molar-refractivity contribution < 1.29 is 28.5 Å². The SMILES string of the molecule is CCCCCCCC[N+](C)(C)Cc1ccccc1.[I-]. The van der Waals surface area contributed by atoms with Crippen molar-refractivity contribution in [2.45, 2.75) is 52.0 Å². The highest BCUT2D eigenvalue weighted by atomic mass is 127. The maximum atomic E-state index is 2.35. The number of nitrogens with zero attached hydrogens (tertiary/aromatic N) is 1. The third-order valence-corrected chi connectivity index (χ3v) is 3.57. The van der Waals surface area contributed by atoms with Gasteiger partial charge in [-0.05, 0) is 12.8 Å². The van der Waals surface area contributed by atoms with Crippen LogP contribution in [0.1, 0.15) is 51.0 Å². The van der Waals surface area contributed by atoms with E-state index in [-0.39, 0.29) is 24.0 Å². The van der Waals surface area contributed by atoms with E-state index in [1.165, 1.54) is 50.6 Å². The maximum Gasteiger partial charge on any atom is 0.104 e. The first-order chi connectivity index (χ1) is 8.64. The van der Waals surface area contributed by atoms with Gasteiger partial charge in [-0.25, -0.2) is 0 Å². The molecule has 19 heavy (non-hydrogen) atoms. The number of rotatable bonds is 9. The van der Waals surface area contributed by atoms with E-state index in [2.05, 4.69) is 51.4 Å². The molecule has 0 radical (unpaired) electrons. The van der Waals surface area contributed by atoms with Crippen molar-refractivity contribution in [2.75, 3.05) is 20.6 Å². The summed E-state index contributed by atoms with van der Waals surface area (Å²) in [6, 6.07) is 10.8. The van der Waals surface area contributed by atoms with Crippen molar-refractivity contribution in [2.24, 2.45) is 0 Å². The number of unbranched alkanes of at least 4 members (excludes halogenated alkanes) is 5. The molecule has 1 aromatic carbocycles. The van der Waals surface area contributed by atoms with Crippen LogP contribution in [-0.2, 0) is 6.54 Å². The molecule has 110 valence electrons. The van der Waals surface area contributed by atoms with Crippen LogP contribution in [0.15, 0.2) is 30.3 Å². The van der Waals surface area contributed by atoms with Crippen molar-refractivity contribution in [1.82, 2.24) is 0 Å². The lowest BCUT2D eigenvalue weighted by atomic mass is 10.1. The minimum atomic E-state index is 0. The molecule has 0 unspecified atom stereocenters. The van der Waals surface area contributed by atoms with Crippen LogP contribution < -0.4 is 24.0 Å². The monoisotopic (exact) mass is 375 g/mol. The average Bonchev–Trinajstić information content (AvgIpc) is 2.34. The van der Waals surface area contributed by atoms with Gasteiger partial charge in [-0.15, -0.1) is 0 Å². The zero-order valence-electron chi connectivity index (χ0n) is 12.9. The van der Waals surface area contributed by atoms with Crippen LogP contribution in [0.2, 0.25) is 0 Å². The normalized spacial score (nSPS) is 11.1. The second-order valence-corrected chi connectivity index (χ2v) is 6.07. The molecule has 0 atom stereocenters. The van der Waals surface area contributed by atoms with E-state index in [4.69, 9.17) is 0 Å². The Morgan fingerprint density at radius 1 is 0.842 bits per heavy atom. The minimum absolute atomic E-state index is 0. The second-order valence-electron chi connectivity index (χ2n) is 6.07. The Kier molecular flexibility index (Phi) is 10.6. The van der Waals surface area contributed by atoms with Crippen LogP contribution in [-0.4, -0.2) is 25.1 Å². The van der Waals surface area contributed by atoms with Gasteiger partial charge in [-0.3, -0.25) is 0 Å². The molecule has 0 heterocycles. The van der Waals surface area contributed by atoms with Gasteiger partial charge in [0.25, 0.3) is 0 Å². The molecule has 1 nitrogen and oxygen atoms in total. The summed E-state index contributed by atoms with van der Waals surface area (Å²) in [6.07, 6.45) is 8.35. The molecule has 0 N–H and O–H groups in total. The van der Waals surface area contributed by atoms with Gasteiger partial charge in [0.05, 0.1) is 20.6 Å². The Labute approximate surface area is 137 Å². The van der Waals surface area contributed by atoms with Crippen LogP contribution >= 0.6 is 0 Å². The Morgan fingerprint density at radius 3 is 2.05 bits per heavy atom. The largest absolute Gasteiger partial charge is 1.00 e. The zero-order chi connectivity index (χ0) is 13.3. The summed E-state index contributed by atoms with van der Waals surface area (Å²) >= 11 is 0. The zero-order valence-corrected chi connectivity index (χ0v) is 15.0. The van der Waals surface area contributed by atoms with E-state index in [0.717, 1.165) is 11.0 Å². The van der Waals surface area contributed by atoms with Crippen LogP contribution in [0.3, 0.4) is 0 Å². The van der Waals surface area contributed by atoms with Crippen LogP contribution in [0.4, 0.5) is 0 Å². The first-order valence-electron chi connectivity index (χ1n) is 7.50. The third-order valence-electron chi connectivity index (χ3n) is 3.57. The average molecular weight is 375 g/mol. The second kappa shape index (κ2) is 10.7. The predicted octanol–water partition coefficient (Wildman–Crippen LogP) is 1.63. The molecule has 0 saturated carbocycles. The lowest BCUT2D eigenvalue weighted by Gasteiger charge is -2.30. The van der Waals surface area contributed by atoms with Gasteiger partial charge in [-0.1, -0.05) is 62.9 Å². The number of benzene rings is 1. The van der Waals surface area contributed by atoms with E-state index in [0.29, 0.717) is 0 Å². The molecule has 0 amide bonds. The maximum absolute atomic E-state index is 2.35. The fourth-order valence-corrected chi connectivity index (χ4v) is 2.48. The van der Waals surface area contributed by atoms with Gasteiger partial charge < -0.3 is 28.5 Å². The Morgan fingerprint density at radius 2 is 1.42 bits per heavy atom. The lowest BCUT2D eigenvalue weighted by Crippen LogP contribution is -3.00. The first kappa shape index (κ1) is 18.9. The Hall–Kier alpha value is -0.0900. The highest BCUT2D eigenvalue weighted by Crippen LogP contribution is 2.12. The summed E-state index contributed by atoms with van der Waals surface area (Å²) in [5.41, 5.74) is 1.45. The highest BCUT2D eigenvalue weighted by Gasteiger charge is 2.14. The standard InChI is InChI=1S/C17H30N.HI/c1-4-5-6-7-8-12-15-18(2,3)16-17-13-10-9-11-14-17;/h9-11,13-14H,4-8,12,15-16H2,1-3H3;1H/q+1;/p-1. The summed E-state index contributed by atoms with van der Waals surface area (Å²) in [4.78, 5) is 0. The smallest absolute Gasteiger partial charge is 0.104 e. The van der Waals surface area contributed by atoms with Gasteiger partial charge in [0, 0.05) is 5.56 Å². The van der Waals surface area contributed by atoms with Crippen molar-refractivity contribution >= 4 is 0 Å². The molecule has 0 aromatic heterocycles. The molecule has 0 aliphatic carbocycles. The van der Waals surface area contributed by atoms with Gasteiger partial charge in [0.2, 0.25) is 0 Å². The van der Waals surface area contributed by atoms with E-state index in [1.54, 1.807) is 0 Å². The van der Waals surface area contributed by atoms with Crippen molar-refractivity contribution in [3.05, 3.63) is 35.9 Å². The van der Waals surface area contributed by atoms with Crippen molar-refractivity contribution in [3.63, 3.8) is 0 Å². The van der Waals surface area contributed by atoms with Crippen molar-refractivity contribution in [3.8, 4) is 0 Å². The molecule has 1 rings (SSSR count). The summed E-state index contributed by atoms with van der Waals surface area (Å²) in [5.74, 6) is 0.